The third-order valence-corrected chi connectivity index (χ3v) is 5.34. The first-order valence-corrected chi connectivity index (χ1v) is 10.7. The minimum Gasteiger partial charge on any atom is -0.481 e. The number of para-hydroxylation sites is 2. The van der Waals surface area contributed by atoms with Crippen molar-refractivity contribution in [2.45, 2.75) is 17.7 Å². The molecule has 3 aromatic rings. The topological polar surface area (TPSA) is 86.7 Å². The van der Waals surface area contributed by atoms with Crippen molar-refractivity contribution in [2.24, 2.45) is 0 Å². The molecule has 0 aromatic heterocycles. The molecule has 0 unspecified atom stereocenters. The number of amides is 2. The number of aliphatic carboxylic acids is 1. The fraction of sp³-hybridized carbons (Fsp3) is 0.125. The molecule has 6 nitrogen and oxygen atoms in total. The predicted octanol–water partition coefficient (Wildman–Crippen LogP) is 4.95. The standard InChI is InChI=1S/C24H22N2O4S/c27-22(15-16-24(29)30)25-18-11-13-21(14-12-18)31-17-23(28)26(19-7-3-1-4-8-19)20-9-5-2-6-10-20/h1-14H,15-17H2,(H,25,27)(H,29,30). The molecule has 0 radical (unpaired) electrons. The summed E-state index contributed by atoms with van der Waals surface area (Å²) in [6.45, 7) is 0. The number of anilines is 3. The molecule has 0 aliphatic heterocycles. The monoisotopic (exact) mass is 434 g/mol. The lowest BCUT2D eigenvalue weighted by atomic mass is 10.2. The number of nitrogens with zero attached hydrogens (tertiary/aromatic N) is 1. The number of benzene rings is 3. The summed E-state index contributed by atoms with van der Waals surface area (Å²) in [4.78, 5) is 37.9. The number of carboxylic acid groups (broad SMARTS) is 1. The first kappa shape index (κ1) is 22.1. The number of hydrogen-bond donors (Lipinski definition) is 2. The summed E-state index contributed by atoms with van der Waals surface area (Å²) in [6.07, 6.45) is -0.281. The van der Waals surface area contributed by atoms with E-state index in [4.69, 9.17) is 5.11 Å². The summed E-state index contributed by atoms with van der Waals surface area (Å²) in [5, 5.41) is 11.3. The lowest BCUT2D eigenvalue weighted by Gasteiger charge is -2.23. The zero-order valence-corrected chi connectivity index (χ0v) is 17.5. The Kier molecular flexibility index (Phi) is 7.84. The van der Waals surface area contributed by atoms with Crippen LogP contribution in [0.25, 0.3) is 0 Å². The molecule has 0 saturated carbocycles. The van der Waals surface area contributed by atoms with Crippen LogP contribution in [0, 0.1) is 0 Å². The SMILES string of the molecule is O=C(O)CCC(=O)Nc1ccc(SCC(=O)N(c2ccccc2)c2ccccc2)cc1. The van der Waals surface area contributed by atoms with Gasteiger partial charge in [-0.25, -0.2) is 0 Å². The lowest BCUT2D eigenvalue weighted by Crippen LogP contribution is -2.27. The minimum absolute atomic E-state index is 0.0477. The van der Waals surface area contributed by atoms with Crippen LogP contribution in [0.1, 0.15) is 12.8 Å². The summed E-state index contributed by atoms with van der Waals surface area (Å²) in [6, 6.07) is 26.1. The minimum atomic E-state index is -1.01. The Labute approximate surface area is 184 Å². The molecule has 7 heteroatoms. The van der Waals surface area contributed by atoms with Crippen LogP contribution in [0.5, 0.6) is 0 Å². The highest BCUT2D eigenvalue weighted by Gasteiger charge is 2.18. The van der Waals surface area contributed by atoms with E-state index in [1.54, 1.807) is 17.0 Å². The average molecular weight is 435 g/mol. The van der Waals surface area contributed by atoms with Gasteiger partial charge >= 0.3 is 5.97 Å². The van der Waals surface area contributed by atoms with Gasteiger partial charge in [-0.1, -0.05) is 36.4 Å². The van der Waals surface area contributed by atoms with Crippen molar-refractivity contribution in [3.05, 3.63) is 84.9 Å². The van der Waals surface area contributed by atoms with Gasteiger partial charge in [0.15, 0.2) is 0 Å². The van der Waals surface area contributed by atoms with Crippen molar-refractivity contribution in [1.82, 2.24) is 0 Å². The van der Waals surface area contributed by atoms with Crippen LogP contribution in [0.3, 0.4) is 0 Å². The Morgan fingerprint density at radius 2 is 1.32 bits per heavy atom. The van der Waals surface area contributed by atoms with Crippen molar-refractivity contribution in [1.29, 1.82) is 0 Å². The van der Waals surface area contributed by atoms with Gasteiger partial charge in [0.25, 0.3) is 0 Å². The number of nitrogens with one attached hydrogen (secondary N) is 1. The van der Waals surface area contributed by atoms with E-state index in [1.165, 1.54) is 11.8 Å². The molecule has 0 aliphatic rings. The number of rotatable bonds is 9. The van der Waals surface area contributed by atoms with E-state index in [9.17, 15) is 14.4 Å². The Morgan fingerprint density at radius 3 is 1.84 bits per heavy atom. The number of carboxylic acids is 1. The molecule has 2 amide bonds. The molecule has 0 bridgehead atoms. The first-order chi connectivity index (χ1) is 15.0. The molecule has 3 aromatic carbocycles. The van der Waals surface area contributed by atoms with Crippen LogP contribution in [0.15, 0.2) is 89.8 Å². The third kappa shape index (κ3) is 6.72. The second-order valence-electron chi connectivity index (χ2n) is 6.66. The summed E-state index contributed by atoms with van der Waals surface area (Å²) < 4.78 is 0. The van der Waals surface area contributed by atoms with E-state index in [1.807, 2.05) is 72.8 Å². The average Bonchev–Trinajstić information content (AvgIpc) is 2.79. The molecule has 0 fully saturated rings. The highest BCUT2D eigenvalue weighted by Crippen LogP contribution is 2.28. The maximum atomic E-state index is 13.1. The normalized spacial score (nSPS) is 10.3. The second-order valence-corrected chi connectivity index (χ2v) is 7.70. The molecule has 2 N–H and O–H groups in total. The van der Waals surface area contributed by atoms with Crippen molar-refractivity contribution in [3.63, 3.8) is 0 Å². The number of thioether (sulfide) groups is 1. The Balaban J connectivity index is 1.62. The van der Waals surface area contributed by atoms with Gasteiger partial charge in [-0.3, -0.25) is 19.3 Å². The van der Waals surface area contributed by atoms with E-state index in [2.05, 4.69) is 5.32 Å². The number of carbonyl (C=O) groups excluding carboxylic acids is 2. The molecule has 31 heavy (non-hydrogen) atoms. The summed E-state index contributed by atoms with van der Waals surface area (Å²) in [7, 11) is 0. The number of hydrogen-bond acceptors (Lipinski definition) is 4. The Hall–Kier alpha value is -3.58. The summed E-state index contributed by atoms with van der Waals surface area (Å²) >= 11 is 1.41. The summed E-state index contributed by atoms with van der Waals surface area (Å²) in [5.41, 5.74) is 2.19. The van der Waals surface area contributed by atoms with Crippen molar-refractivity contribution < 1.29 is 19.5 Å². The highest BCUT2D eigenvalue weighted by atomic mass is 32.2. The van der Waals surface area contributed by atoms with Crippen molar-refractivity contribution in [2.75, 3.05) is 16.0 Å². The van der Waals surface area contributed by atoms with Gasteiger partial charge in [-0.15, -0.1) is 11.8 Å². The van der Waals surface area contributed by atoms with Gasteiger partial charge < -0.3 is 10.4 Å². The smallest absolute Gasteiger partial charge is 0.303 e. The van der Waals surface area contributed by atoms with Gasteiger partial charge in [-0.2, -0.15) is 0 Å². The van der Waals surface area contributed by atoms with E-state index in [0.29, 0.717) is 5.69 Å². The van der Waals surface area contributed by atoms with Gasteiger partial charge in [0.1, 0.15) is 0 Å². The van der Waals surface area contributed by atoms with Gasteiger partial charge in [0.2, 0.25) is 11.8 Å². The van der Waals surface area contributed by atoms with E-state index in [-0.39, 0.29) is 30.4 Å². The molecular formula is C24H22N2O4S. The predicted molar refractivity (Wildman–Crippen MR) is 123 cm³/mol. The van der Waals surface area contributed by atoms with E-state index >= 15 is 0 Å². The zero-order chi connectivity index (χ0) is 22.1. The van der Waals surface area contributed by atoms with E-state index < -0.39 is 5.97 Å². The third-order valence-electron chi connectivity index (χ3n) is 4.34. The quantitative estimate of drug-likeness (QED) is 0.466. The zero-order valence-electron chi connectivity index (χ0n) is 16.7. The largest absolute Gasteiger partial charge is 0.481 e. The molecule has 0 saturated heterocycles. The molecule has 0 aliphatic carbocycles. The van der Waals surface area contributed by atoms with Crippen LogP contribution >= 0.6 is 11.8 Å². The van der Waals surface area contributed by atoms with Crippen LogP contribution < -0.4 is 10.2 Å². The van der Waals surface area contributed by atoms with Crippen LogP contribution in [0.4, 0.5) is 17.1 Å². The lowest BCUT2D eigenvalue weighted by molar-refractivity contribution is -0.138. The van der Waals surface area contributed by atoms with Crippen LogP contribution in [-0.2, 0) is 14.4 Å². The molecule has 0 atom stereocenters. The summed E-state index contributed by atoms with van der Waals surface area (Å²) in [5.74, 6) is -1.16. The van der Waals surface area contributed by atoms with Crippen molar-refractivity contribution in [3.8, 4) is 0 Å². The van der Waals surface area contributed by atoms with Crippen LogP contribution in [-0.4, -0.2) is 28.6 Å². The van der Waals surface area contributed by atoms with Crippen LogP contribution in [0.2, 0.25) is 0 Å². The second kappa shape index (κ2) is 11.0. The highest BCUT2D eigenvalue weighted by molar-refractivity contribution is 8.00. The van der Waals surface area contributed by atoms with Gasteiger partial charge in [0, 0.05) is 28.4 Å². The Morgan fingerprint density at radius 1 is 0.774 bits per heavy atom. The molecule has 0 spiro atoms. The maximum absolute atomic E-state index is 13.1. The fourth-order valence-corrected chi connectivity index (χ4v) is 3.63. The van der Waals surface area contributed by atoms with Gasteiger partial charge in [0.05, 0.1) is 12.2 Å². The Bertz CT molecular complexity index is 985. The maximum Gasteiger partial charge on any atom is 0.303 e. The van der Waals surface area contributed by atoms with Gasteiger partial charge in [-0.05, 0) is 48.5 Å². The number of carbonyl (C=O) groups is 3. The molecule has 0 heterocycles. The van der Waals surface area contributed by atoms with Crippen molar-refractivity contribution >= 4 is 46.6 Å². The van der Waals surface area contributed by atoms with E-state index in [0.717, 1.165) is 16.3 Å². The molecule has 158 valence electrons. The molecule has 3 rings (SSSR count). The first-order valence-electron chi connectivity index (χ1n) is 9.70. The molecular weight excluding hydrogens is 412 g/mol. The fourth-order valence-electron chi connectivity index (χ4n) is 2.88.